The van der Waals surface area contributed by atoms with Crippen molar-refractivity contribution in [3.05, 3.63) is 85.0 Å². The van der Waals surface area contributed by atoms with E-state index in [-0.39, 0.29) is 31.2 Å². The molecule has 7 nitrogen and oxygen atoms in total. The SMILES string of the molecule is C=CC(=O)OCC(C)COc1cccc(C(C)(C)c2cccc(OCC(O)COC(=O)C=C)c2)c1. The summed E-state index contributed by atoms with van der Waals surface area (Å²) in [5.41, 5.74) is 1.71. The van der Waals surface area contributed by atoms with Gasteiger partial charge in [0.25, 0.3) is 0 Å². The van der Waals surface area contributed by atoms with Gasteiger partial charge in [0.1, 0.15) is 30.8 Å². The molecule has 2 atom stereocenters. The number of carbonyl (C=O) groups is 2. The molecule has 188 valence electrons. The second-order valence-corrected chi connectivity index (χ2v) is 8.73. The minimum Gasteiger partial charge on any atom is -0.493 e. The van der Waals surface area contributed by atoms with Crippen LogP contribution < -0.4 is 9.47 Å². The Hall–Kier alpha value is -3.58. The van der Waals surface area contributed by atoms with Gasteiger partial charge in [-0.05, 0) is 35.4 Å². The van der Waals surface area contributed by atoms with E-state index < -0.39 is 18.0 Å². The summed E-state index contributed by atoms with van der Waals surface area (Å²) in [6.45, 7) is 13.3. The topological polar surface area (TPSA) is 91.3 Å². The number of carbonyl (C=O) groups excluding carboxylic acids is 2. The fourth-order valence-corrected chi connectivity index (χ4v) is 3.16. The van der Waals surface area contributed by atoms with Crippen LogP contribution in [0.5, 0.6) is 11.5 Å². The third kappa shape index (κ3) is 8.94. The Balaban J connectivity index is 2.01. The molecule has 2 aromatic rings. The summed E-state index contributed by atoms with van der Waals surface area (Å²) in [6.07, 6.45) is 1.23. The van der Waals surface area contributed by atoms with Crippen LogP contribution in [0, 0.1) is 5.92 Å². The summed E-state index contributed by atoms with van der Waals surface area (Å²) in [5.74, 6) is 0.309. The van der Waals surface area contributed by atoms with Gasteiger partial charge in [0.15, 0.2) is 0 Å². The average molecular weight is 483 g/mol. The van der Waals surface area contributed by atoms with E-state index >= 15 is 0 Å². The molecular weight excluding hydrogens is 448 g/mol. The molecule has 0 amide bonds. The predicted octanol–water partition coefficient (Wildman–Crippen LogP) is 4.23. The molecule has 0 aliphatic heterocycles. The number of hydrogen-bond acceptors (Lipinski definition) is 7. The minimum atomic E-state index is -0.952. The van der Waals surface area contributed by atoms with Crippen molar-refractivity contribution in [3.8, 4) is 11.5 Å². The Morgan fingerprint density at radius 3 is 1.86 bits per heavy atom. The van der Waals surface area contributed by atoms with Crippen molar-refractivity contribution in [2.24, 2.45) is 5.92 Å². The molecule has 2 unspecified atom stereocenters. The molecule has 0 saturated carbocycles. The zero-order chi connectivity index (χ0) is 25.8. The van der Waals surface area contributed by atoms with E-state index in [0.717, 1.165) is 29.0 Å². The van der Waals surface area contributed by atoms with Gasteiger partial charge >= 0.3 is 11.9 Å². The Labute approximate surface area is 207 Å². The first-order chi connectivity index (χ1) is 16.6. The molecule has 0 saturated heterocycles. The van der Waals surface area contributed by atoms with Crippen molar-refractivity contribution in [1.82, 2.24) is 0 Å². The summed E-state index contributed by atoms with van der Waals surface area (Å²) >= 11 is 0. The summed E-state index contributed by atoms with van der Waals surface area (Å²) in [6, 6.07) is 15.5. The van der Waals surface area contributed by atoms with Gasteiger partial charge in [-0.25, -0.2) is 9.59 Å². The fourth-order valence-electron chi connectivity index (χ4n) is 3.16. The zero-order valence-corrected chi connectivity index (χ0v) is 20.6. The van der Waals surface area contributed by atoms with Gasteiger partial charge in [0.2, 0.25) is 0 Å². The molecule has 35 heavy (non-hydrogen) atoms. The average Bonchev–Trinajstić information content (AvgIpc) is 2.88. The third-order valence-corrected chi connectivity index (χ3v) is 5.35. The van der Waals surface area contributed by atoms with Gasteiger partial charge in [-0.1, -0.05) is 58.2 Å². The van der Waals surface area contributed by atoms with E-state index in [4.69, 9.17) is 18.9 Å². The molecule has 2 rings (SSSR count). The maximum absolute atomic E-state index is 11.2. The van der Waals surface area contributed by atoms with Crippen LogP contribution in [-0.2, 0) is 24.5 Å². The number of aliphatic hydroxyl groups excluding tert-OH is 1. The molecule has 0 aliphatic rings. The van der Waals surface area contributed by atoms with Crippen LogP contribution in [-0.4, -0.2) is 49.6 Å². The lowest BCUT2D eigenvalue weighted by Gasteiger charge is -2.27. The van der Waals surface area contributed by atoms with E-state index in [1.54, 1.807) is 0 Å². The second kappa shape index (κ2) is 13.3. The number of ether oxygens (including phenoxy) is 4. The first-order valence-electron chi connectivity index (χ1n) is 11.4. The Morgan fingerprint density at radius 1 is 0.857 bits per heavy atom. The Bertz CT molecular complexity index is 932. The van der Waals surface area contributed by atoms with Gasteiger partial charge in [0, 0.05) is 23.5 Å². The largest absolute Gasteiger partial charge is 0.493 e. The molecule has 0 fully saturated rings. The van der Waals surface area contributed by atoms with Crippen LogP contribution >= 0.6 is 0 Å². The molecule has 0 aliphatic carbocycles. The molecule has 2 aromatic carbocycles. The van der Waals surface area contributed by atoms with Crippen molar-refractivity contribution in [1.29, 1.82) is 0 Å². The molecule has 0 bridgehead atoms. The van der Waals surface area contributed by atoms with Crippen molar-refractivity contribution in [2.45, 2.75) is 32.3 Å². The zero-order valence-electron chi connectivity index (χ0n) is 20.6. The molecular formula is C28H34O7. The van der Waals surface area contributed by atoms with Crippen molar-refractivity contribution < 1.29 is 33.6 Å². The van der Waals surface area contributed by atoms with Crippen molar-refractivity contribution in [2.75, 3.05) is 26.4 Å². The molecule has 0 aromatic heterocycles. The smallest absolute Gasteiger partial charge is 0.330 e. The summed E-state index contributed by atoms with van der Waals surface area (Å²) in [7, 11) is 0. The highest BCUT2D eigenvalue weighted by atomic mass is 16.5. The van der Waals surface area contributed by atoms with E-state index in [9.17, 15) is 14.7 Å². The molecule has 0 radical (unpaired) electrons. The lowest BCUT2D eigenvalue weighted by molar-refractivity contribution is -0.141. The lowest BCUT2D eigenvalue weighted by Crippen LogP contribution is -2.25. The van der Waals surface area contributed by atoms with E-state index in [0.29, 0.717) is 12.4 Å². The number of benzene rings is 2. The Morgan fingerprint density at radius 2 is 1.34 bits per heavy atom. The van der Waals surface area contributed by atoms with Crippen molar-refractivity contribution in [3.63, 3.8) is 0 Å². The van der Waals surface area contributed by atoms with Gasteiger partial charge < -0.3 is 24.1 Å². The van der Waals surface area contributed by atoms with Gasteiger partial charge in [-0.2, -0.15) is 0 Å². The lowest BCUT2D eigenvalue weighted by atomic mass is 9.78. The van der Waals surface area contributed by atoms with Crippen LogP contribution in [0.25, 0.3) is 0 Å². The Kier molecular flexibility index (Phi) is 10.5. The van der Waals surface area contributed by atoms with Crippen LogP contribution in [0.15, 0.2) is 73.8 Å². The van der Waals surface area contributed by atoms with Crippen LogP contribution in [0.1, 0.15) is 31.9 Å². The maximum atomic E-state index is 11.2. The normalized spacial score (nSPS) is 12.7. The van der Waals surface area contributed by atoms with E-state index in [2.05, 4.69) is 27.0 Å². The quantitative estimate of drug-likeness (QED) is 0.318. The van der Waals surface area contributed by atoms with Crippen molar-refractivity contribution >= 4 is 11.9 Å². The molecule has 0 spiro atoms. The molecule has 1 N–H and O–H groups in total. The van der Waals surface area contributed by atoms with E-state index in [1.165, 1.54) is 0 Å². The minimum absolute atomic E-state index is 0.0159. The first kappa shape index (κ1) is 27.7. The molecule has 7 heteroatoms. The predicted molar refractivity (Wildman–Crippen MR) is 133 cm³/mol. The highest BCUT2D eigenvalue weighted by molar-refractivity contribution is 5.81. The highest BCUT2D eigenvalue weighted by Gasteiger charge is 2.24. The van der Waals surface area contributed by atoms with E-state index in [1.807, 2.05) is 55.5 Å². The summed E-state index contributed by atoms with van der Waals surface area (Å²) < 4.78 is 21.5. The molecule has 0 heterocycles. The fraction of sp³-hybridized carbons (Fsp3) is 0.357. The number of rotatable bonds is 14. The highest BCUT2D eigenvalue weighted by Crippen LogP contribution is 2.34. The maximum Gasteiger partial charge on any atom is 0.330 e. The van der Waals surface area contributed by atoms with Gasteiger partial charge in [0.05, 0.1) is 13.2 Å². The monoisotopic (exact) mass is 482 g/mol. The summed E-state index contributed by atoms with van der Waals surface area (Å²) in [5, 5.41) is 9.98. The van der Waals surface area contributed by atoms with Gasteiger partial charge in [-0.15, -0.1) is 0 Å². The number of aliphatic hydroxyl groups is 1. The summed E-state index contributed by atoms with van der Waals surface area (Å²) in [4.78, 5) is 22.3. The van der Waals surface area contributed by atoms with Crippen LogP contribution in [0.2, 0.25) is 0 Å². The second-order valence-electron chi connectivity index (χ2n) is 8.73. The standard InChI is InChI=1S/C28H34O7/c1-6-26(30)34-17-20(3)16-32-24-12-8-10-21(14-24)28(4,5)22-11-9-13-25(15-22)33-18-23(29)19-35-27(31)7-2/h6-15,20,23,29H,1-2,16-19H2,3-5H3. The number of esters is 2. The first-order valence-corrected chi connectivity index (χ1v) is 11.4. The third-order valence-electron chi connectivity index (χ3n) is 5.35. The van der Waals surface area contributed by atoms with Gasteiger partial charge in [-0.3, -0.25) is 0 Å². The van der Waals surface area contributed by atoms with Crippen LogP contribution in [0.3, 0.4) is 0 Å². The van der Waals surface area contributed by atoms with Crippen LogP contribution in [0.4, 0.5) is 0 Å². The number of hydrogen-bond donors (Lipinski definition) is 1.